The zero-order chi connectivity index (χ0) is 30.1. The van der Waals surface area contributed by atoms with Crippen molar-refractivity contribution in [2.75, 3.05) is 19.6 Å². The minimum Gasteiger partial charge on any atom is -0.299 e. The molecule has 0 saturated heterocycles. The van der Waals surface area contributed by atoms with E-state index in [1.54, 1.807) is 0 Å². The van der Waals surface area contributed by atoms with Crippen molar-refractivity contribution in [3.05, 3.63) is 108 Å². The lowest BCUT2D eigenvalue weighted by atomic mass is 9.94. The highest BCUT2D eigenvalue weighted by molar-refractivity contribution is 5.74. The maximum atomic E-state index is 4.03. The molecule has 0 aromatic heterocycles. The summed E-state index contributed by atoms with van der Waals surface area (Å²) in [5.74, 6) is 0.701. The van der Waals surface area contributed by atoms with E-state index in [9.17, 15) is 0 Å². The molecule has 1 unspecified atom stereocenters. The molecule has 0 aliphatic heterocycles. The van der Waals surface area contributed by atoms with Gasteiger partial charge in [-0.1, -0.05) is 148 Å². The van der Waals surface area contributed by atoms with Gasteiger partial charge in [0.2, 0.25) is 0 Å². The van der Waals surface area contributed by atoms with Crippen LogP contribution in [0.2, 0.25) is 0 Å². The van der Waals surface area contributed by atoms with Crippen molar-refractivity contribution in [1.29, 1.82) is 0 Å². The molecule has 0 N–H and O–H groups in total. The summed E-state index contributed by atoms with van der Waals surface area (Å²) in [6, 6.07) is 19.1. The fourth-order valence-electron chi connectivity index (χ4n) is 4.22. The predicted molar refractivity (Wildman–Crippen MR) is 182 cm³/mol. The molecule has 0 saturated carbocycles. The van der Waals surface area contributed by atoms with Crippen LogP contribution in [0, 0.1) is 12.8 Å². The number of aryl methyl sites for hydroxylation is 1. The molecular weight excluding hydrogens is 470 g/mol. The third-order valence-corrected chi connectivity index (χ3v) is 6.17. The Morgan fingerprint density at radius 1 is 0.872 bits per heavy atom. The summed E-state index contributed by atoms with van der Waals surface area (Å²) in [5, 5.41) is 0. The second-order valence-corrected chi connectivity index (χ2v) is 9.04. The van der Waals surface area contributed by atoms with Gasteiger partial charge in [-0.2, -0.15) is 0 Å². The van der Waals surface area contributed by atoms with Gasteiger partial charge in [-0.25, -0.2) is 0 Å². The second-order valence-electron chi connectivity index (χ2n) is 9.04. The fourth-order valence-corrected chi connectivity index (χ4v) is 4.22. The number of allylic oxidation sites excluding steroid dienone is 5. The molecule has 0 fully saturated rings. The zero-order valence-electron chi connectivity index (χ0n) is 27.5. The van der Waals surface area contributed by atoms with Crippen molar-refractivity contribution >= 4 is 11.1 Å². The molecule has 0 heterocycles. The van der Waals surface area contributed by atoms with Gasteiger partial charge in [0.25, 0.3) is 0 Å². The number of rotatable bonds is 9. The fraction of sp³-hybridized carbons (Fsp3) is 0.474. The molecule has 1 aliphatic carbocycles. The van der Waals surface area contributed by atoms with Crippen LogP contribution in [0.5, 0.6) is 0 Å². The van der Waals surface area contributed by atoms with Crippen molar-refractivity contribution in [3.8, 4) is 0 Å². The van der Waals surface area contributed by atoms with Gasteiger partial charge in [0.15, 0.2) is 0 Å². The largest absolute Gasteiger partial charge is 0.299 e. The Balaban J connectivity index is 0. The Kier molecular flexibility index (Phi) is 25.3. The second kappa shape index (κ2) is 25.6. The highest BCUT2D eigenvalue weighted by atomic mass is 15.1. The highest BCUT2D eigenvalue weighted by Crippen LogP contribution is 2.24. The maximum Gasteiger partial charge on any atom is 0.0236 e. The molecule has 218 valence electrons. The van der Waals surface area contributed by atoms with E-state index in [1.165, 1.54) is 52.7 Å². The molecule has 1 heteroatoms. The van der Waals surface area contributed by atoms with E-state index in [1.807, 2.05) is 47.6 Å². The minimum absolute atomic E-state index is 0.701. The number of benzene rings is 2. The summed E-state index contributed by atoms with van der Waals surface area (Å²) in [7, 11) is 0. The van der Waals surface area contributed by atoms with Gasteiger partial charge < -0.3 is 0 Å². The first kappa shape index (κ1) is 38.5. The Morgan fingerprint density at radius 2 is 1.41 bits per heavy atom. The summed E-state index contributed by atoms with van der Waals surface area (Å²) >= 11 is 0. The topological polar surface area (TPSA) is 3.24 Å². The van der Waals surface area contributed by atoms with Crippen LogP contribution >= 0.6 is 0 Å². The van der Waals surface area contributed by atoms with Gasteiger partial charge in [0, 0.05) is 6.54 Å². The van der Waals surface area contributed by atoms with E-state index in [2.05, 4.69) is 119 Å². The normalized spacial score (nSPS) is 13.9. The lowest BCUT2D eigenvalue weighted by Gasteiger charge is -2.23. The SMILES string of the molecule is C=C/C(CN(CCC)CCC)=C(\C)c1ccccc1C.CC.CC.CC.CC1C=CC(c2ccccc2)=CC1. The molecule has 0 spiro atoms. The summed E-state index contributed by atoms with van der Waals surface area (Å²) in [6.07, 6.45) is 12.4. The Hall–Kier alpha value is -2.64. The molecule has 0 bridgehead atoms. The molecule has 1 aliphatic rings. The van der Waals surface area contributed by atoms with Crippen LogP contribution in [0.3, 0.4) is 0 Å². The van der Waals surface area contributed by atoms with E-state index < -0.39 is 0 Å². The third kappa shape index (κ3) is 15.5. The van der Waals surface area contributed by atoms with Crippen molar-refractivity contribution in [1.82, 2.24) is 4.90 Å². The van der Waals surface area contributed by atoms with Gasteiger partial charge >= 0.3 is 0 Å². The summed E-state index contributed by atoms with van der Waals surface area (Å²) in [6.45, 7) is 30.5. The van der Waals surface area contributed by atoms with Gasteiger partial charge in [-0.3, -0.25) is 4.90 Å². The monoisotopic (exact) mass is 531 g/mol. The van der Waals surface area contributed by atoms with Crippen LogP contribution < -0.4 is 0 Å². The van der Waals surface area contributed by atoms with Crippen molar-refractivity contribution in [2.24, 2.45) is 5.92 Å². The molecular formula is C38H61N. The van der Waals surface area contributed by atoms with E-state index in [-0.39, 0.29) is 0 Å². The van der Waals surface area contributed by atoms with Crippen LogP contribution in [-0.2, 0) is 0 Å². The number of hydrogen-bond acceptors (Lipinski definition) is 1. The van der Waals surface area contributed by atoms with E-state index in [4.69, 9.17) is 0 Å². The average Bonchev–Trinajstić information content (AvgIpc) is 3.00. The molecule has 3 rings (SSSR count). The van der Waals surface area contributed by atoms with Gasteiger partial charge in [-0.15, -0.1) is 0 Å². The van der Waals surface area contributed by atoms with E-state index in [0.29, 0.717) is 5.92 Å². The minimum atomic E-state index is 0.701. The van der Waals surface area contributed by atoms with E-state index in [0.717, 1.165) is 19.6 Å². The summed E-state index contributed by atoms with van der Waals surface area (Å²) in [4.78, 5) is 2.53. The van der Waals surface area contributed by atoms with Crippen LogP contribution in [0.4, 0.5) is 0 Å². The van der Waals surface area contributed by atoms with Crippen molar-refractivity contribution < 1.29 is 0 Å². The Labute approximate surface area is 244 Å². The molecule has 1 atom stereocenters. The highest BCUT2D eigenvalue weighted by Gasteiger charge is 2.09. The van der Waals surface area contributed by atoms with E-state index >= 15 is 0 Å². The molecule has 0 radical (unpaired) electrons. The molecule has 2 aromatic carbocycles. The number of nitrogens with zero attached hydrogens (tertiary/aromatic N) is 1. The Bertz CT molecular complexity index is 940. The number of hydrogen-bond donors (Lipinski definition) is 0. The van der Waals surface area contributed by atoms with Crippen LogP contribution in [-0.4, -0.2) is 24.5 Å². The van der Waals surface area contributed by atoms with Crippen molar-refractivity contribution in [2.45, 2.75) is 95.4 Å². The standard InChI is InChI=1S/C19H29N.C13H14.3C2H6/c1-6-13-20(14-7-2)15-18(8-3)17(5)19-12-10-9-11-16(19)4;1-11-7-9-13(10-8-11)12-5-3-2-4-6-12;3*1-2/h8-12H,3,6-7,13-15H2,1-2,4-5H3;2-7,9-11H,8H2,1H3;3*1-2H3/b18-17-;;;;. The quantitative estimate of drug-likeness (QED) is 0.291. The first-order valence-electron chi connectivity index (χ1n) is 15.5. The third-order valence-electron chi connectivity index (χ3n) is 6.17. The molecule has 39 heavy (non-hydrogen) atoms. The summed E-state index contributed by atoms with van der Waals surface area (Å²) in [5.41, 5.74) is 8.07. The lowest BCUT2D eigenvalue weighted by molar-refractivity contribution is 0.299. The lowest BCUT2D eigenvalue weighted by Crippen LogP contribution is -2.27. The predicted octanol–water partition coefficient (Wildman–Crippen LogP) is 11.8. The average molecular weight is 532 g/mol. The Morgan fingerprint density at radius 3 is 1.87 bits per heavy atom. The molecule has 2 aromatic rings. The van der Waals surface area contributed by atoms with Gasteiger partial charge in [0.05, 0.1) is 0 Å². The van der Waals surface area contributed by atoms with Gasteiger partial charge in [0.1, 0.15) is 0 Å². The summed E-state index contributed by atoms with van der Waals surface area (Å²) < 4.78 is 0. The van der Waals surface area contributed by atoms with Crippen LogP contribution in [0.15, 0.2) is 91.1 Å². The zero-order valence-corrected chi connectivity index (χ0v) is 27.5. The maximum absolute atomic E-state index is 4.03. The first-order chi connectivity index (χ1) is 19.0. The molecule has 1 nitrogen and oxygen atoms in total. The first-order valence-corrected chi connectivity index (χ1v) is 15.5. The van der Waals surface area contributed by atoms with Gasteiger partial charge in [-0.05, 0) is 85.5 Å². The van der Waals surface area contributed by atoms with Crippen molar-refractivity contribution in [3.63, 3.8) is 0 Å². The van der Waals surface area contributed by atoms with Crippen LogP contribution in [0.25, 0.3) is 11.1 Å². The smallest absolute Gasteiger partial charge is 0.0236 e. The molecule has 0 amide bonds. The van der Waals surface area contributed by atoms with Crippen LogP contribution in [0.1, 0.15) is 105 Å².